The Labute approximate surface area is 112 Å². The molecule has 2 N–H and O–H groups in total. The van der Waals surface area contributed by atoms with Crippen LogP contribution in [0.2, 0.25) is 0 Å². The minimum absolute atomic E-state index is 0.421. The van der Waals surface area contributed by atoms with Crippen molar-refractivity contribution in [2.24, 2.45) is 0 Å². The summed E-state index contributed by atoms with van der Waals surface area (Å²) in [6.45, 7) is 0. The van der Waals surface area contributed by atoms with Gasteiger partial charge in [0, 0.05) is 24.2 Å². The van der Waals surface area contributed by atoms with E-state index in [0.29, 0.717) is 22.5 Å². The van der Waals surface area contributed by atoms with Gasteiger partial charge in [-0.25, -0.2) is 4.98 Å². The lowest BCUT2D eigenvalue weighted by molar-refractivity contribution is -0.137. The molecule has 0 spiro atoms. The molecule has 2 heterocycles. The van der Waals surface area contributed by atoms with E-state index in [1.54, 1.807) is 35.1 Å². The number of pyridine rings is 1. The monoisotopic (exact) mass is 277 g/mol. The Morgan fingerprint density at radius 1 is 1.10 bits per heavy atom. The van der Waals surface area contributed by atoms with Crippen molar-refractivity contribution in [2.45, 2.75) is 6.18 Å². The van der Waals surface area contributed by atoms with E-state index in [4.69, 9.17) is 5.73 Å². The molecule has 2 aromatic heterocycles. The summed E-state index contributed by atoms with van der Waals surface area (Å²) in [7, 11) is 0. The number of nitrogen functional groups attached to an aromatic ring is 1. The zero-order chi connectivity index (χ0) is 14.3. The van der Waals surface area contributed by atoms with Crippen LogP contribution in [0.3, 0.4) is 0 Å². The van der Waals surface area contributed by atoms with Gasteiger partial charge in [-0.3, -0.25) is 0 Å². The second kappa shape index (κ2) is 4.26. The largest absolute Gasteiger partial charge is 0.416 e. The minimum atomic E-state index is -4.36. The van der Waals surface area contributed by atoms with Crippen molar-refractivity contribution in [1.82, 2.24) is 9.38 Å². The molecule has 0 bridgehead atoms. The summed E-state index contributed by atoms with van der Waals surface area (Å²) in [6, 6.07) is 6.77. The van der Waals surface area contributed by atoms with Crippen molar-refractivity contribution in [1.29, 1.82) is 0 Å². The van der Waals surface area contributed by atoms with E-state index in [-0.39, 0.29) is 0 Å². The summed E-state index contributed by atoms with van der Waals surface area (Å²) in [5, 5.41) is 0. The summed E-state index contributed by atoms with van der Waals surface area (Å²) in [5.74, 6) is 0. The highest BCUT2D eigenvalue weighted by molar-refractivity contribution is 5.74. The number of halogens is 3. The lowest BCUT2D eigenvalue weighted by atomic mass is 10.0. The Bertz CT molecular complexity index is 775. The molecule has 0 atom stereocenters. The Hall–Kier alpha value is -2.50. The lowest BCUT2D eigenvalue weighted by Gasteiger charge is -2.10. The summed E-state index contributed by atoms with van der Waals surface area (Å²) < 4.78 is 39.9. The molecular formula is C14H10F3N3. The van der Waals surface area contributed by atoms with Crippen LogP contribution in [0.5, 0.6) is 0 Å². The number of nitrogens with zero attached hydrogens (tertiary/aromatic N) is 2. The van der Waals surface area contributed by atoms with E-state index in [0.717, 1.165) is 12.1 Å². The summed E-state index contributed by atoms with van der Waals surface area (Å²) in [4.78, 5) is 4.07. The van der Waals surface area contributed by atoms with E-state index < -0.39 is 11.7 Å². The van der Waals surface area contributed by atoms with Gasteiger partial charge in [0.05, 0.1) is 11.3 Å². The van der Waals surface area contributed by atoms with Gasteiger partial charge in [0.15, 0.2) is 5.65 Å². The second-order valence-corrected chi connectivity index (χ2v) is 4.42. The van der Waals surface area contributed by atoms with Crippen molar-refractivity contribution in [3.8, 4) is 11.1 Å². The number of imidazole rings is 1. The molecule has 3 rings (SSSR count). The molecule has 0 aliphatic carbocycles. The molecule has 6 heteroatoms. The number of benzene rings is 1. The first-order valence-electron chi connectivity index (χ1n) is 5.85. The number of fused-ring (bicyclic) bond motifs is 1. The number of aromatic nitrogens is 2. The summed E-state index contributed by atoms with van der Waals surface area (Å²) >= 11 is 0. The van der Waals surface area contributed by atoms with E-state index in [1.165, 1.54) is 6.07 Å². The lowest BCUT2D eigenvalue weighted by Crippen LogP contribution is -2.04. The van der Waals surface area contributed by atoms with Gasteiger partial charge >= 0.3 is 6.18 Å². The molecule has 3 aromatic rings. The van der Waals surface area contributed by atoms with Crippen LogP contribution in [0.15, 0.2) is 48.9 Å². The molecule has 0 saturated heterocycles. The number of alkyl halides is 3. The average molecular weight is 277 g/mol. The van der Waals surface area contributed by atoms with Crippen molar-refractivity contribution >= 4 is 11.3 Å². The first-order valence-corrected chi connectivity index (χ1v) is 5.85. The number of hydrogen-bond acceptors (Lipinski definition) is 2. The van der Waals surface area contributed by atoms with E-state index >= 15 is 0 Å². The first kappa shape index (κ1) is 12.5. The standard InChI is InChI=1S/C14H10F3N3/c15-14(16,17)11-3-1-2-9(6-11)10-7-12(18)13-19-4-5-20(13)8-10/h1-8H,18H2. The van der Waals surface area contributed by atoms with Crippen molar-refractivity contribution < 1.29 is 13.2 Å². The SMILES string of the molecule is Nc1cc(-c2cccc(C(F)(F)F)c2)cn2ccnc12. The van der Waals surface area contributed by atoms with Crippen LogP contribution >= 0.6 is 0 Å². The molecule has 0 unspecified atom stereocenters. The minimum Gasteiger partial charge on any atom is -0.396 e. The molecule has 0 saturated carbocycles. The van der Waals surface area contributed by atoms with Crippen molar-refractivity contribution in [2.75, 3.05) is 5.73 Å². The predicted octanol–water partition coefficient (Wildman–Crippen LogP) is 3.60. The molecule has 0 amide bonds. The van der Waals surface area contributed by atoms with Gasteiger partial charge in [-0.2, -0.15) is 13.2 Å². The number of hydrogen-bond donors (Lipinski definition) is 1. The van der Waals surface area contributed by atoms with E-state index in [9.17, 15) is 13.2 Å². The van der Waals surface area contributed by atoms with Gasteiger partial charge in [0.25, 0.3) is 0 Å². The highest BCUT2D eigenvalue weighted by Crippen LogP contribution is 2.32. The quantitative estimate of drug-likeness (QED) is 0.738. The van der Waals surface area contributed by atoms with Crippen LogP contribution in [0, 0.1) is 0 Å². The highest BCUT2D eigenvalue weighted by atomic mass is 19.4. The van der Waals surface area contributed by atoms with Crippen LogP contribution < -0.4 is 5.73 Å². The van der Waals surface area contributed by atoms with Crippen LogP contribution in [-0.4, -0.2) is 9.38 Å². The third kappa shape index (κ3) is 2.09. The molecule has 0 aliphatic rings. The first-order chi connectivity index (χ1) is 9.45. The third-order valence-electron chi connectivity index (χ3n) is 3.04. The zero-order valence-electron chi connectivity index (χ0n) is 10.2. The molecule has 20 heavy (non-hydrogen) atoms. The van der Waals surface area contributed by atoms with Crippen molar-refractivity contribution in [3.05, 3.63) is 54.5 Å². The maximum absolute atomic E-state index is 12.7. The van der Waals surface area contributed by atoms with Gasteiger partial charge in [0.2, 0.25) is 0 Å². The average Bonchev–Trinajstić information content (AvgIpc) is 2.87. The van der Waals surface area contributed by atoms with Gasteiger partial charge in [0.1, 0.15) is 0 Å². The Morgan fingerprint density at radius 2 is 1.90 bits per heavy atom. The fourth-order valence-corrected chi connectivity index (χ4v) is 2.09. The van der Waals surface area contributed by atoms with E-state index in [2.05, 4.69) is 4.98 Å². The number of rotatable bonds is 1. The molecular weight excluding hydrogens is 267 g/mol. The molecule has 3 nitrogen and oxygen atoms in total. The molecule has 102 valence electrons. The maximum Gasteiger partial charge on any atom is 0.416 e. The zero-order valence-corrected chi connectivity index (χ0v) is 10.2. The third-order valence-corrected chi connectivity index (χ3v) is 3.04. The molecule has 0 radical (unpaired) electrons. The Kier molecular flexibility index (Phi) is 2.67. The van der Waals surface area contributed by atoms with Crippen LogP contribution in [0.25, 0.3) is 16.8 Å². The Balaban J connectivity index is 2.15. The number of anilines is 1. The smallest absolute Gasteiger partial charge is 0.396 e. The molecule has 1 aromatic carbocycles. The molecule has 0 aliphatic heterocycles. The Morgan fingerprint density at radius 3 is 2.65 bits per heavy atom. The van der Waals surface area contributed by atoms with Crippen molar-refractivity contribution in [3.63, 3.8) is 0 Å². The van der Waals surface area contributed by atoms with Crippen LogP contribution in [-0.2, 0) is 6.18 Å². The topological polar surface area (TPSA) is 43.3 Å². The molecule has 0 fully saturated rings. The fourth-order valence-electron chi connectivity index (χ4n) is 2.09. The van der Waals surface area contributed by atoms with Gasteiger partial charge in [-0.1, -0.05) is 12.1 Å². The predicted molar refractivity (Wildman–Crippen MR) is 70.0 cm³/mol. The number of nitrogens with two attached hydrogens (primary N) is 1. The fraction of sp³-hybridized carbons (Fsp3) is 0.0714. The summed E-state index contributed by atoms with van der Waals surface area (Å²) in [5.41, 5.74) is 7.25. The normalized spacial score (nSPS) is 11.9. The summed E-state index contributed by atoms with van der Waals surface area (Å²) in [6.07, 6.45) is 0.624. The highest BCUT2D eigenvalue weighted by Gasteiger charge is 2.30. The van der Waals surface area contributed by atoms with Crippen LogP contribution in [0.4, 0.5) is 18.9 Å². The van der Waals surface area contributed by atoms with Gasteiger partial charge in [-0.15, -0.1) is 0 Å². The van der Waals surface area contributed by atoms with Gasteiger partial charge in [-0.05, 0) is 23.8 Å². The van der Waals surface area contributed by atoms with Crippen LogP contribution in [0.1, 0.15) is 5.56 Å². The van der Waals surface area contributed by atoms with Gasteiger partial charge < -0.3 is 10.1 Å². The maximum atomic E-state index is 12.7. The second-order valence-electron chi connectivity index (χ2n) is 4.42. The van der Waals surface area contributed by atoms with E-state index in [1.807, 2.05) is 0 Å².